The predicted octanol–water partition coefficient (Wildman–Crippen LogP) is 0.407. The number of amides is 1. The summed E-state index contributed by atoms with van der Waals surface area (Å²) in [7, 11) is 0. The normalized spacial score (nSPS) is 13.5. The number of fused-ring (bicyclic) bond motifs is 1. The molecule has 1 fully saturated rings. The second-order valence-electron chi connectivity index (χ2n) is 9.35. The maximum absolute atomic E-state index is 14.9. The number of carbonyl (C=O) groups excluding carboxylic acids is 2. The molecule has 1 amide bonds. The van der Waals surface area contributed by atoms with Gasteiger partial charge >= 0.3 is 29.6 Å². The second-order valence-corrected chi connectivity index (χ2v) is 9.35. The van der Waals surface area contributed by atoms with Gasteiger partial charge in [0.2, 0.25) is 5.43 Å². The Balaban J connectivity index is 0.00000336. The Hall–Kier alpha value is -3.33. The minimum atomic E-state index is -1.19. The van der Waals surface area contributed by atoms with Crippen molar-refractivity contribution in [2.75, 3.05) is 0 Å². The Morgan fingerprint density at radius 1 is 1.13 bits per heavy atom. The van der Waals surface area contributed by atoms with Gasteiger partial charge in [-0.05, 0) is 72.7 Å². The quantitative estimate of drug-likeness (QED) is 0.338. The maximum atomic E-state index is 14.9. The molecule has 38 heavy (non-hydrogen) atoms. The monoisotopic (exact) mass is 521 g/mol. The number of carbonyl (C=O) groups is 2. The smallest absolute Gasteiger partial charge is 0.550 e. The SMILES string of the molecule is CCC(Cc1ccc(-c2cccc(-n3cc(C(=O)NC4CC4)c(=O)c4cccnc43)c2)cc1F)C(=O)[O-].[Na+]. The molecule has 0 spiro atoms. The first-order valence-corrected chi connectivity index (χ1v) is 12.3. The van der Waals surface area contributed by atoms with Crippen molar-refractivity contribution in [3.05, 3.63) is 94.2 Å². The van der Waals surface area contributed by atoms with Crippen molar-refractivity contribution in [3.63, 3.8) is 0 Å². The van der Waals surface area contributed by atoms with Gasteiger partial charge in [-0.2, -0.15) is 0 Å². The molecule has 0 bridgehead atoms. The van der Waals surface area contributed by atoms with E-state index in [4.69, 9.17) is 0 Å². The zero-order valence-corrected chi connectivity index (χ0v) is 23.2. The molecule has 1 saturated carbocycles. The van der Waals surface area contributed by atoms with Crippen LogP contribution in [0.4, 0.5) is 4.39 Å². The largest absolute Gasteiger partial charge is 1.00 e. The van der Waals surface area contributed by atoms with Crippen LogP contribution >= 0.6 is 0 Å². The molecule has 9 heteroatoms. The van der Waals surface area contributed by atoms with Crippen LogP contribution in [0.2, 0.25) is 0 Å². The second kappa shape index (κ2) is 11.6. The fraction of sp³-hybridized carbons (Fsp3) is 0.241. The Bertz CT molecular complexity index is 1580. The first-order valence-electron chi connectivity index (χ1n) is 12.3. The Labute approximate surface area is 241 Å². The molecule has 0 aliphatic heterocycles. The number of aromatic nitrogens is 2. The van der Waals surface area contributed by atoms with Gasteiger partial charge in [0.15, 0.2) is 0 Å². The molecule has 0 radical (unpaired) electrons. The van der Waals surface area contributed by atoms with E-state index < -0.39 is 23.6 Å². The van der Waals surface area contributed by atoms with E-state index in [9.17, 15) is 23.9 Å². The summed E-state index contributed by atoms with van der Waals surface area (Å²) in [5.74, 6) is -2.85. The van der Waals surface area contributed by atoms with Crippen LogP contribution in [0.3, 0.4) is 0 Å². The summed E-state index contributed by atoms with van der Waals surface area (Å²) >= 11 is 0. The van der Waals surface area contributed by atoms with Gasteiger partial charge in [-0.3, -0.25) is 9.59 Å². The molecule has 2 aromatic carbocycles. The van der Waals surface area contributed by atoms with E-state index in [2.05, 4.69) is 10.3 Å². The number of rotatable bonds is 8. The standard InChI is InChI=1S/C29H26FN3O4.Na/c1-2-17(29(36)37)13-20-9-8-19(15-25(20)30)18-5-3-6-22(14-18)33-16-24(28(35)32-21-10-11-21)26(34)23-7-4-12-31-27(23)33;/h3-9,12,14-17,21H,2,10-11,13H2,1H3,(H,32,35)(H,36,37);/q;+1/p-1. The van der Waals surface area contributed by atoms with E-state index in [0.29, 0.717) is 39.8 Å². The summed E-state index contributed by atoms with van der Waals surface area (Å²) < 4.78 is 16.6. The predicted molar refractivity (Wildman–Crippen MR) is 136 cm³/mol. The van der Waals surface area contributed by atoms with Crippen molar-refractivity contribution in [1.29, 1.82) is 0 Å². The zero-order valence-electron chi connectivity index (χ0n) is 21.2. The van der Waals surface area contributed by atoms with Gasteiger partial charge in [-0.15, -0.1) is 0 Å². The first-order chi connectivity index (χ1) is 17.9. The van der Waals surface area contributed by atoms with E-state index in [1.807, 2.05) is 18.2 Å². The molecule has 2 aromatic heterocycles. The number of hydrogen-bond acceptors (Lipinski definition) is 5. The summed E-state index contributed by atoms with van der Waals surface area (Å²) in [4.78, 5) is 41.5. The average molecular weight is 522 g/mol. The molecule has 7 nitrogen and oxygen atoms in total. The van der Waals surface area contributed by atoms with Gasteiger partial charge in [-0.1, -0.05) is 31.2 Å². The van der Waals surface area contributed by atoms with Crippen molar-refractivity contribution in [2.45, 2.75) is 38.6 Å². The molecule has 1 atom stereocenters. The van der Waals surface area contributed by atoms with Crippen LogP contribution < -0.4 is 45.4 Å². The van der Waals surface area contributed by atoms with Gasteiger partial charge in [0, 0.05) is 36.0 Å². The Morgan fingerprint density at radius 3 is 2.58 bits per heavy atom. The molecule has 0 saturated heterocycles. The third-order valence-electron chi connectivity index (χ3n) is 6.72. The number of pyridine rings is 2. The number of carboxylic acid groups (broad SMARTS) is 1. The number of halogens is 1. The third kappa shape index (κ3) is 5.72. The number of carboxylic acids is 1. The third-order valence-corrected chi connectivity index (χ3v) is 6.72. The number of nitrogens with zero attached hydrogens (tertiary/aromatic N) is 2. The summed E-state index contributed by atoms with van der Waals surface area (Å²) in [5.41, 5.74) is 2.34. The molecule has 188 valence electrons. The fourth-order valence-electron chi connectivity index (χ4n) is 4.40. The van der Waals surface area contributed by atoms with Crippen molar-refractivity contribution in [1.82, 2.24) is 14.9 Å². The molecule has 1 aliphatic carbocycles. The van der Waals surface area contributed by atoms with Gasteiger partial charge in [0.1, 0.15) is 17.0 Å². The van der Waals surface area contributed by atoms with Crippen LogP contribution in [0.25, 0.3) is 27.8 Å². The summed E-state index contributed by atoms with van der Waals surface area (Å²) in [6, 6.07) is 15.4. The van der Waals surface area contributed by atoms with E-state index in [1.54, 1.807) is 48.0 Å². The number of nitrogens with one attached hydrogen (secondary N) is 1. The fourth-order valence-corrected chi connectivity index (χ4v) is 4.40. The van der Waals surface area contributed by atoms with Crippen LogP contribution in [0.1, 0.15) is 42.1 Å². The van der Waals surface area contributed by atoms with E-state index in [-0.39, 0.29) is 53.0 Å². The number of aliphatic carboxylic acids is 1. The Morgan fingerprint density at radius 2 is 1.89 bits per heavy atom. The minimum absolute atomic E-state index is 0. The Kier molecular flexibility index (Phi) is 8.45. The molecule has 1 N–H and O–H groups in total. The average Bonchev–Trinajstić information content (AvgIpc) is 3.72. The van der Waals surface area contributed by atoms with Gasteiger partial charge < -0.3 is 19.8 Å². The zero-order chi connectivity index (χ0) is 26.1. The molecule has 1 aliphatic rings. The van der Waals surface area contributed by atoms with Crippen LogP contribution in [0.5, 0.6) is 0 Å². The van der Waals surface area contributed by atoms with Crippen LogP contribution in [0, 0.1) is 11.7 Å². The van der Waals surface area contributed by atoms with Crippen molar-refractivity contribution < 1.29 is 48.6 Å². The van der Waals surface area contributed by atoms with Gasteiger partial charge in [-0.25, -0.2) is 9.37 Å². The topological polar surface area (TPSA) is 104 Å². The molecule has 5 rings (SSSR count). The van der Waals surface area contributed by atoms with Crippen LogP contribution in [-0.4, -0.2) is 27.5 Å². The van der Waals surface area contributed by atoms with Crippen molar-refractivity contribution in [3.8, 4) is 16.8 Å². The molecule has 4 aromatic rings. The van der Waals surface area contributed by atoms with E-state index in [0.717, 1.165) is 12.8 Å². The first kappa shape index (κ1) is 27.7. The van der Waals surface area contributed by atoms with Crippen LogP contribution in [0.15, 0.2) is 71.8 Å². The van der Waals surface area contributed by atoms with Crippen molar-refractivity contribution >= 4 is 22.9 Å². The molecular formula is C29H25FN3NaO4. The summed E-state index contributed by atoms with van der Waals surface area (Å²) in [6.07, 6.45) is 5.30. The van der Waals surface area contributed by atoms with E-state index >= 15 is 0 Å². The van der Waals surface area contributed by atoms with Crippen molar-refractivity contribution in [2.24, 2.45) is 5.92 Å². The van der Waals surface area contributed by atoms with Crippen LogP contribution in [-0.2, 0) is 11.2 Å². The number of benzene rings is 2. The van der Waals surface area contributed by atoms with E-state index in [1.165, 1.54) is 12.3 Å². The summed E-state index contributed by atoms with van der Waals surface area (Å²) in [6.45, 7) is 1.73. The maximum Gasteiger partial charge on any atom is 1.00 e. The summed E-state index contributed by atoms with van der Waals surface area (Å²) in [5, 5.41) is 14.5. The molecule has 1 unspecified atom stereocenters. The molecular weight excluding hydrogens is 496 g/mol. The van der Waals surface area contributed by atoms with Gasteiger partial charge in [0.25, 0.3) is 5.91 Å². The number of hydrogen-bond donors (Lipinski definition) is 1. The van der Waals surface area contributed by atoms with Gasteiger partial charge in [0.05, 0.1) is 5.39 Å². The minimum Gasteiger partial charge on any atom is -0.550 e. The molecule has 2 heterocycles.